The van der Waals surface area contributed by atoms with E-state index in [4.69, 9.17) is 36.0 Å². The molecule has 2 aromatic rings. The largest absolute Gasteiger partial charge is 0.491 e. The molecule has 0 saturated carbocycles. The number of halogens is 1. The molecule has 0 spiro atoms. The monoisotopic (exact) mass is 449 g/mol. The molecule has 2 atom stereocenters. The summed E-state index contributed by atoms with van der Waals surface area (Å²) in [5.74, 6) is -1.36. The zero-order valence-corrected chi connectivity index (χ0v) is 17.6. The molecule has 9 heteroatoms. The lowest BCUT2D eigenvalue weighted by Gasteiger charge is -2.32. The van der Waals surface area contributed by atoms with Crippen molar-refractivity contribution >= 4 is 23.5 Å². The van der Waals surface area contributed by atoms with Crippen LogP contribution in [0.15, 0.2) is 60.7 Å². The topological polar surface area (TPSA) is 114 Å². The van der Waals surface area contributed by atoms with Crippen molar-refractivity contribution in [3.05, 3.63) is 71.3 Å². The molecule has 31 heavy (non-hydrogen) atoms. The number of hydrogen-bond donors (Lipinski definition) is 3. The second kappa shape index (κ2) is 12.6. The summed E-state index contributed by atoms with van der Waals surface area (Å²) in [5.41, 5.74) is 1.06. The Morgan fingerprint density at radius 3 is 2.35 bits per heavy atom. The van der Waals surface area contributed by atoms with Crippen molar-refractivity contribution in [3.63, 3.8) is 0 Å². The molecule has 1 heterocycles. The van der Waals surface area contributed by atoms with Crippen LogP contribution in [0.4, 0.5) is 0 Å². The van der Waals surface area contributed by atoms with Gasteiger partial charge in [0.25, 0.3) is 0 Å². The fraction of sp³-hybridized carbons (Fsp3) is 0.273. The summed E-state index contributed by atoms with van der Waals surface area (Å²) >= 11 is 6.20. The maximum atomic E-state index is 9.55. The third-order valence-corrected chi connectivity index (χ3v) is 4.48. The Labute approximate surface area is 185 Å². The molecule has 8 nitrogen and oxygen atoms in total. The fourth-order valence-electron chi connectivity index (χ4n) is 2.84. The molecule has 0 unspecified atom stereocenters. The van der Waals surface area contributed by atoms with Gasteiger partial charge in [-0.1, -0.05) is 48.0 Å². The second-order valence-electron chi connectivity index (χ2n) is 6.34. The molecule has 0 amide bonds. The number of nitrogens with one attached hydrogen (secondary N) is 1. The first-order chi connectivity index (χ1) is 14.9. The Balaban J connectivity index is 0.000000366. The van der Waals surface area contributed by atoms with Crippen molar-refractivity contribution in [3.8, 4) is 11.5 Å². The third-order valence-electron chi connectivity index (χ3n) is 4.18. The number of aliphatic carboxylic acids is 2. The van der Waals surface area contributed by atoms with Gasteiger partial charge in [-0.15, -0.1) is 0 Å². The standard InChI is InChI=1S/C18H20ClNO3.C4H4O4/c1-21-18-14(19)8-5-9-15(18)23-17(13-6-3-2-4-7-13)16-12-20-10-11-22-16;5-3(6)1-2-4(7)8/h2-9,16-17,20H,10-12H2,1H3;1-2H,(H,5,6)(H,7,8)/b;2-1+/t16-,17-;/m0./s1. The van der Waals surface area contributed by atoms with Crippen LogP contribution < -0.4 is 14.8 Å². The van der Waals surface area contributed by atoms with E-state index >= 15 is 0 Å². The minimum Gasteiger partial charge on any atom is -0.491 e. The van der Waals surface area contributed by atoms with Gasteiger partial charge in [-0.3, -0.25) is 0 Å². The van der Waals surface area contributed by atoms with E-state index in [1.165, 1.54) is 0 Å². The predicted octanol–water partition coefficient (Wildman–Crippen LogP) is 3.17. The molecule has 3 rings (SSSR count). The maximum absolute atomic E-state index is 9.55. The molecule has 1 aliphatic heterocycles. The Hall–Kier alpha value is -3.07. The van der Waals surface area contributed by atoms with Gasteiger partial charge in [-0.2, -0.15) is 0 Å². The Kier molecular flexibility index (Phi) is 9.83. The van der Waals surface area contributed by atoms with Gasteiger partial charge in [-0.25, -0.2) is 9.59 Å². The number of benzene rings is 2. The Bertz CT molecular complexity index is 867. The first-order valence-electron chi connectivity index (χ1n) is 9.42. The highest BCUT2D eigenvalue weighted by Crippen LogP contribution is 2.38. The number of carbonyl (C=O) groups is 2. The zero-order chi connectivity index (χ0) is 22.6. The molecule has 166 valence electrons. The number of para-hydroxylation sites is 1. The van der Waals surface area contributed by atoms with Crippen molar-refractivity contribution < 1.29 is 34.0 Å². The average molecular weight is 450 g/mol. The number of carboxylic acid groups (broad SMARTS) is 2. The molecule has 0 aromatic heterocycles. The fourth-order valence-corrected chi connectivity index (χ4v) is 3.08. The van der Waals surface area contributed by atoms with Crippen LogP contribution >= 0.6 is 11.6 Å². The highest BCUT2D eigenvalue weighted by molar-refractivity contribution is 6.32. The SMILES string of the molecule is COc1c(Cl)cccc1O[C@@H](c1ccccc1)[C@@H]1CNCCO1.O=C(O)/C=C/C(=O)O. The molecular formula is C22H24ClNO7. The van der Waals surface area contributed by atoms with Gasteiger partial charge < -0.3 is 29.7 Å². The van der Waals surface area contributed by atoms with E-state index in [1.54, 1.807) is 13.2 Å². The van der Waals surface area contributed by atoms with E-state index in [-0.39, 0.29) is 12.2 Å². The summed E-state index contributed by atoms with van der Waals surface area (Å²) < 4.78 is 17.6. The summed E-state index contributed by atoms with van der Waals surface area (Å²) in [6.07, 6.45) is 0.802. The van der Waals surface area contributed by atoms with Gasteiger partial charge in [0.2, 0.25) is 0 Å². The average Bonchev–Trinajstić information content (AvgIpc) is 2.78. The molecule has 3 N–H and O–H groups in total. The predicted molar refractivity (Wildman–Crippen MR) is 115 cm³/mol. The van der Waals surface area contributed by atoms with E-state index in [1.807, 2.05) is 42.5 Å². The van der Waals surface area contributed by atoms with Crippen LogP contribution in [0.5, 0.6) is 11.5 Å². The van der Waals surface area contributed by atoms with Crippen molar-refractivity contribution in [2.24, 2.45) is 0 Å². The van der Waals surface area contributed by atoms with Crippen LogP contribution in [-0.2, 0) is 14.3 Å². The number of methoxy groups -OCH3 is 1. The molecule has 2 aromatic carbocycles. The van der Waals surface area contributed by atoms with Crippen LogP contribution in [0.25, 0.3) is 0 Å². The smallest absolute Gasteiger partial charge is 0.328 e. The summed E-state index contributed by atoms with van der Waals surface area (Å²) in [4.78, 5) is 19.1. The molecule has 0 radical (unpaired) electrons. The summed E-state index contributed by atoms with van der Waals surface area (Å²) in [5, 5.41) is 19.5. The molecule has 0 bridgehead atoms. The van der Waals surface area contributed by atoms with Crippen LogP contribution in [0.2, 0.25) is 5.02 Å². The quantitative estimate of drug-likeness (QED) is 0.552. The van der Waals surface area contributed by atoms with Crippen LogP contribution in [-0.4, -0.2) is 55.1 Å². The maximum Gasteiger partial charge on any atom is 0.328 e. The van der Waals surface area contributed by atoms with Gasteiger partial charge in [0.1, 0.15) is 6.10 Å². The van der Waals surface area contributed by atoms with Crippen molar-refractivity contribution in [2.75, 3.05) is 26.8 Å². The van der Waals surface area contributed by atoms with Gasteiger partial charge in [-0.05, 0) is 17.7 Å². The van der Waals surface area contributed by atoms with Gasteiger partial charge in [0.05, 0.1) is 18.7 Å². The van der Waals surface area contributed by atoms with E-state index in [0.717, 1.165) is 18.7 Å². The number of hydrogen-bond acceptors (Lipinski definition) is 6. The van der Waals surface area contributed by atoms with E-state index in [2.05, 4.69) is 5.32 Å². The molecular weight excluding hydrogens is 426 g/mol. The van der Waals surface area contributed by atoms with Crippen molar-refractivity contribution in [1.29, 1.82) is 0 Å². The highest BCUT2D eigenvalue weighted by atomic mass is 35.5. The molecule has 1 saturated heterocycles. The second-order valence-corrected chi connectivity index (χ2v) is 6.75. The number of morpholine rings is 1. The molecule has 1 fully saturated rings. The van der Waals surface area contributed by atoms with Crippen molar-refractivity contribution in [1.82, 2.24) is 5.32 Å². The van der Waals surface area contributed by atoms with E-state index in [9.17, 15) is 9.59 Å². The minimum absolute atomic E-state index is 0.0742. The summed E-state index contributed by atoms with van der Waals surface area (Å²) in [6.45, 7) is 2.27. The van der Waals surface area contributed by atoms with Crippen LogP contribution in [0, 0.1) is 0 Å². The Morgan fingerprint density at radius 1 is 1.13 bits per heavy atom. The molecule has 1 aliphatic rings. The first-order valence-corrected chi connectivity index (χ1v) is 9.80. The minimum atomic E-state index is -1.26. The van der Waals surface area contributed by atoms with Crippen LogP contribution in [0.3, 0.4) is 0 Å². The lowest BCUT2D eigenvalue weighted by Crippen LogP contribution is -2.43. The summed E-state index contributed by atoms with van der Waals surface area (Å²) in [6, 6.07) is 15.6. The summed E-state index contributed by atoms with van der Waals surface area (Å²) in [7, 11) is 1.59. The van der Waals surface area contributed by atoms with Gasteiger partial charge in [0.15, 0.2) is 17.6 Å². The zero-order valence-electron chi connectivity index (χ0n) is 16.9. The van der Waals surface area contributed by atoms with Gasteiger partial charge in [0, 0.05) is 25.2 Å². The van der Waals surface area contributed by atoms with E-state index in [0.29, 0.717) is 35.3 Å². The molecule has 0 aliphatic carbocycles. The number of carboxylic acids is 2. The van der Waals surface area contributed by atoms with Crippen LogP contribution in [0.1, 0.15) is 11.7 Å². The number of rotatable bonds is 7. The Morgan fingerprint density at radius 2 is 1.81 bits per heavy atom. The normalized spacial score (nSPS) is 16.6. The third kappa shape index (κ3) is 7.93. The van der Waals surface area contributed by atoms with E-state index < -0.39 is 11.9 Å². The first kappa shape index (κ1) is 24.2. The highest BCUT2D eigenvalue weighted by Gasteiger charge is 2.29. The lowest BCUT2D eigenvalue weighted by atomic mass is 10.0. The lowest BCUT2D eigenvalue weighted by molar-refractivity contribution is -0.134. The van der Waals surface area contributed by atoms with Crippen molar-refractivity contribution in [2.45, 2.75) is 12.2 Å². The van der Waals surface area contributed by atoms with Gasteiger partial charge >= 0.3 is 11.9 Å². The number of ether oxygens (including phenoxy) is 3.